The Morgan fingerprint density at radius 1 is 1.11 bits per heavy atom. The zero-order valence-corrected chi connectivity index (χ0v) is 11.0. The van der Waals surface area contributed by atoms with Crippen molar-refractivity contribution in [2.45, 2.75) is 11.9 Å². The van der Waals surface area contributed by atoms with Crippen molar-refractivity contribution in [3.05, 3.63) is 47.5 Å². The maximum Gasteiger partial charge on any atom is 0.256 e. The summed E-state index contributed by atoms with van der Waals surface area (Å²) in [4.78, 5) is 11.9. The van der Waals surface area contributed by atoms with Gasteiger partial charge in [-0.25, -0.2) is 0 Å². The predicted octanol–water partition coefficient (Wildman–Crippen LogP) is 2.76. The van der Waals surface area contributed by atoms with Gasteiger partial charge in [0.2, 0.25) is 0 Å². The lowest BCUT2D eigenvalue weighted by Gasteiger charge is -2.04. The molecule has 5 heteroatoms. The van der Waals surface area contributed by atoms with E-state index < -0.39 is 0 Å². The van der Waals surface area contributed by atoms with Crippen LogP contribution in [0.15, 0.2) is 41.4 Å². The summed E-state index contributed by atoms with van der Waals surface area (Å²) in [5, 5.41) is 11.4. The number of anilines is 1. The average Bonchev–Trinajstić information content (AvgIpc) is 2.40. The molecule has 1 heterocycles. The minimum absolute atomic E-state index is 0.179. The van der Waals surface area contributed by atoms with E-state index in [0.717, 1.165) is 10.6 Å². The standard InChI is InChI=1S/C13H13N3OS/c1-9-3-5-10(6-4-9)13(17)14-11-7-8-12(18-2)16-15-11/h3-8H,1-2H3,(H,14,15,17). The minimum atomic E-state index is -0.179. The highest BCUT2D eigenvalue weighted by molar-refractivity contribution is 7.98. The van der Waals surface area contributed by atoms with E-state index >= 15 is 0 Å². The van der Waals surface area contributed by atoms with E-state index in [-0.39, 0.29) is 5.91 Å². The summed E-state index contributed by atoms with van der Waals surface area (Å²) in [7, 11) is 0. The van der Waals surface area contributed by atoms with Crippen molar-refractivity contribution in [1.29, 1.82) is 0 Å². The number of aromatic nitrogens is 2. The van der Waals surface area contributed by atoms with E-state index in [1.807, 2.05) is 31.4 Å². The van der Waals surface area contributed by atoms with Gasteiger partial charge >= 0.3 is 0 Å². The molecule has 1 N–H and O–H groups in total. The summed E-state index contributed by atoms with van der Waals surface area (Å²) in [5.74, 6) is 0.277. The van der Waals surface area contributed by atoms with E-state index in [0.29, 0.717) is 11.4 Å². The zero-order valence-electron chi connectivity index (χ0n) is 10.2. The molecule has 18 heavy (non-hydrogen) atoms. The van der Waals surface area contributed by atoms with E-state index in [2.05, 4.69) is 15.5 Å². The van der Waals surface area contributed by atoms with Crippen LogP contribution >= 0.6 is 11.8 Å². The van der Waals surface area contributed by atoms with Crippen LogP contribution in [-0.2, 0) is 0 Å². The molecule has 0 atom stereocenters. The van der Waals surface area contributed by atoms with Crippen molar-refractivity contribution >= 4 is 23.5 Å². The molecule has 2 aromatic rings. The molecule has 0 saturated heterocycles. The first-order valence-electron chi connectivity index (χ1n) is 5.45. The third-order valence-corrected chi connectivity index (χ3v) is 3.04. The van der Waals surface area contributed by atoms with Crippen LogP contribution in [0.5, 0.6) is 0 Å². The number of benzene rings is 1. The number of thioether (sulfide) groups is 1. The Morgan fingerprint density at radius 3 is 2.39 bits per heavy atom. The molecule has 1 aromatic carbocycles. The van der Waals surface area contributed by atoms with Crippen LogP contribution in [0.4, 0.5) is 5.82 Å². The molecule has 1 amide bonds. The van der Waals surface area contributed by atoms with Crippen LogP contribution in [0.3, 0.4) is 0 Å². The SMILES string of the molecule is CSc1ccc(NC(=O)c2ccc(C)cc2)nn1. The molecule has 0 saturated carbocycles. The maximum atomic E-state index is 11.9. The second-order valence-corrected chi connectivity index (χ2v) is 4.61. The molecule has 2 rings (SSSR count). The van der Waals surface area contributed by atoms with Crippen molar-refractivity contribution in [2.75, 3.05) is 11.6 Å². The van der Waals surface area contributed by atoms with E-state index in [1.54, 1.807) is 18.2 Å². The molecule has 0 aliphatic rings. The number of rotatable bonds is 3. The molecule has 0 fully saturated rings. The van der Waals surface area contributed by atoms with Gasteiger partial charge in [-0.3, -0.25) is 4.79 Å². The fourth-order valence-electron chi connectivity index (χ4n) is 1.39. The highest BCUT2D eigenvalue weighted by Gasteiger charge is 2.06. The van der Waals surface area contributed by atoms with Gasteiger partial charge in [0, 0.05) is 5.56 Å². The molecule has 1 aromatic heterocycles. The highest BCUT2D eigenvalue weighted by Crippen LogP contribution is 2.12. The summed E-state index contributed by atoms with van der Waals surface area (Å²) >= 11 is 1.51. The molecule has 92 valence electrons. The lowest BCUT2D eigenvalue weighted by atomic mass is 10.1. The minimum Gasteiger partial charge on any atom is -0.305 e. The molecule has 0 spiro atoms. The number of nitrogens with zero attached hydrogens (tertiary/aromatic N) is 2. The monoisotopic (exact) mass is 259 g/mol. The zero-order chi connectivity index (χ0) is 13.0. The number of aryl methyl sites for hydroxylation is 1. The van der Waals surface area contributed by atoms with E-state index in [1.165, 1.54) is 11.8 Å². The molecule has 0 bridgehead atoms. The number of hydrogen-bond donors (Lipinski definition) is 1. The van der Waals surface area contributed by atoms with Crippen LogP contribution in [0.25, 0.3) is 0 Å². The predicted molar refractivity (Wildman–Crippen MR) is 72.9 cm³/mol. The van der Waals surface area contributed by atoms with Crippen LogP contribution in [-0.4, -0.2) is 22.4 Å². The lowest BCUT2D eigenvalue weighted by molar-refractivity contribution is 0.102. The summed E-state index contributed by atoms with van der Waals surface area (Å²) in [6.45, 7) is 1.98. The fourth-order valence-corrected chi connectivity index (χ4v) is 1.72. The van der Waals surface area contributed by atoms with Crippen LogP contribution < -0.4 is 5.32 Å². The van der Waals surface area contributed by atoms with Crippen molar-refractivity contribution in [3.63, 3.8) is 0 Å². The Morgan fingerprint density at radius 2 is 1.83 bits per heavy atom. The third kappa shape index (κ3) is 3.07. The molecule has 0 aliphatic carbocycles. The Bertz CT molecular complexity index is 537. The summed E-state index contributed by atoms with van der Waals surface area (Å²) < 4.78 is 0. The smallest absolute Gasteiger partial charge is 0.256 e. The Hall–Kier alpha value is -1.88. The number of amides is 1. The molecule has 4 nitrogen and oxygen atoms in total. The first kappa shape index (κ1) is 12.6. The Labute approximate surface area is 110 Å². The molecule has 0 aliphatic heterocycles. The maximum absolute atomic E-state index is 11.9. The van der Waals surface area contributed by atoms with Gasteiger partial charge in [0.05, 0.1) is 0 Å². The van der Waals surface area contributed by atoms with Crippen molar-refractivity contribution in [1.82, 2.24) is 10.2 Å². The summed E-state index contributed by atoms with van der Waals surface area (Å²) in [5.41, 5.74) is 1.73. The number of carbonyl (C=O) groups is 1. The molecular weight excluding hydrogens is 246 g/mol. The second-order valence-electron chi connectivity index (χ2n) is 3.78. The topological polar surface area (TPSA) is 54.9 Å². The Kier molecular flexibility index (Phi) is 3.94. The van der Waals surface area contributed by atoms with Crippen LogP contribution in [0.2, 0.25) is 0 Å². The van der Waals surface area contributed by atoms with Gasteiger partial charge in [0.15, 0.2) is 5.82 Å². The van der Waals surface area contributed by atoms with Gasteiger partial charge in [-0.15, -0.1) is 22.0 Å². The van der Waals surface area contributed by atoms with E-state index in [9.17, 15) is 4.79 Å². The number of carbonyl (C=O) groups excluding carboxylic acids is 1. The molecule has 0 unspecified atom stereocenters. The molecule has 0 radical (unpaired) electrons. The van der Waals surface area contributed by atoms with Gasteiger partial charge < -0.3 is 5.32 Å². The van der Waals surface area contributed by atoms with E-state index in [4.69, 9.17) is 0 Å². The summed E-state index contributed by atoms with van der Waals surface area (Å²) in [6, 6.07) is 10.9. The van der Waals surface area contributed by atoms with Gasteiger partial charge in [-0.2, -0.15) is 0 Å². The second kappa shape index (κ2) is 5.64. The quantitative estimate of drug-likeness (QED) is 0.861. The highest BCUT2D eigenvalue weighted by atomic mass is 32.2. The van der Waals surface area contributed by atoms with Gasteiger partial charge in [0.1, 0.15) is 5.03 Å². The summed E-state index contributed by atoms with van der Waals surface area (Å²) in [6.07, 6.45) is 1.93. The first-order valence-corrected chi connectivity index (χ1v) is 6.67. The van der Waals surface area contributed by atoms with Crippen molar-refractivity contribution in [2.24, 2.45) is 0 Å². The first-order chi connectivity index (χ1) is 8.69. The van der Waals surface area contributed by atoms with Gasteiger partial charge in [-0.05, 0) is 37.4 Å². The number of hydrogen-bond acceptors (Lipinski definition) is 4. The number of nitrogens with one attached hydrogen (secondary N) is 1. The van der Waals surface area contributed by atoms with Crippen molar-refractivity contribution in [3.8, 4) is 0 Å². The largest absolute Gasteiger partial charge is 0.305 e. The Balaban J connectivity index is 2.08. The van der Waals surface area contributed by atoms with Gasteiger partial charge in [-0.1, -0.05) is 17.7 Å². The van der Waals surface area contributed by atoms with Crippen LogP contribution in [0, 0.1) is 6.92 Å². The van der Waals surface area contributed by atoms with Crippen LogP contribution in [0.1, 0.15) is 15.9 Å². The molecular formula is C13H13N3OS. The average molecular weight is 259 g/mol. The third-order valence-electron chi connectivity index (χ3n) is 2.40. The van der Waals surface area contributed by atoms with Gasteiger partial charge in [0.25, 0.3) is 5.91 Å². The fraction of sp³-hybridized carbons (Fsp3) is 0.154. The normalized spacial score (nSPS) is 10.1. The van der Waals surface area contributed by atoms with Crippen molar-refractivity contribution < 1.29 is 4.79 Å². The lowest BCUT2D eigenvalue weighted by Crippen LogP contribution is -2.13.